The van der Waals surface area contributed by atoms with Crippen LogP contribution in [0.4, 0.5) is 8.78 Å². The van der Waals surface area contributed by atoms with Gasteiger partial charge in [-0.05, 0) is 54.8 Å². The van der Waals surface area contributed by atoms with Crippen molar-refractivity contribution in [3.05, 3.63) is 109 Å². The Bertz CT molecular complexity index is 1320. The van der Waals surface area contributed by atoms with Crippen LogP contribution in [0.25, 0.3) is 22.3 Å². The molecule has 0 amide bonds. The third-order valence-corrected chi connectivity index (χ3v) is 4.74. The Kier molecular flexibility index (Phi) is 7.94. The molecular formula is C28H22F2O5. The fourth-order valence-corrected chi connectivity index (χ4v) is 2.89. The van der Waals surface area contributed by atoms with Gasteiger partial charge in [0.05, 0.1) is 0 Å². The fraction of sp³-hybridized carbons (Fsp3) is 0.0714. The van der Waals surface area contributed by atoms with E-state index >= 15 is 0 Å². The molecule has 3 rings (SSSR count). The minimum absolute atomic E-state index is 0.163. The molecule has 0 saturated carbocycles. The molecule has 0 heterocycles. The van der Waals surface area contributed by atoms with Gasteiger partial charge in [0.15, 0.2) is 11.6 Å². The lowest BCUT2D eigenvalue weighted by atomic mass is 10.00. The second-order valence-electron chi connectivity index (χ2n) is 7.61. The quantitative estimate of drug-likeness (QED) is 0.156. The topological polar surface area (TPSA) is 61.8 Å². The minimum Gasteiger partial charge on any atom is -0.462 e. The molecule has 0 bridgehead atoms. The molecule has 5 nitrogen and oxygen atoms in total. The molecule has 0 atom stereocenters. The number of ether oxygens (including phenoxy) is 3. The maximum absolute atomic E-state index is 14.7. The van der Waals surface area contributed by atoms with Crippen LogP contribution in [0.1, 0.15) is 13.8 Å². The van der Waals surface area contributed by atoms with Gasteiger partial charge in [0.25, 0.3) is 0 Å². The van der Waals surface area contributed by atoms with E-state index in [1.54, 1.807) is 42.5 Å². The number of benzene rings is 3. The number of esters is 2. The van der Waals surface area contributed by atoms with Gasteiger partial charge >= 0.3 is 11.9 Å². The molecule has 35 heavy (non-hydrogen) atoms. The van der Waals surface area contributed by atoms with Gasteiger partial charge in [-0.3, -0.25) is 0 Å². The molecule has 0 aromatic heterocycles. The fourth-order valence-electron chi connectivity index (χ4n) is 2.89. The number of hydrogen-bond donors (Lipinski definition) is 0. The highest BCUT2D eigenvalue weighted by Crippen LogP contribution is 2.30. The average molecular weight is 476 g/mol. The molecule has 0 fully saturated rings. The van der Waals surface area contributed by atoms with E-state index in [2.05, 4.69) is 13.2 Å². The van der Waals surface area contributed by atoms with E-state index in [1.165, 1.54) is 32.0 Å². The molecule has 0 aliphatic carbocycles. The zero-order chi connectivity index (χ0) is 25.5. The van der Waals surface area contributed by atoms with Crippen molar-refractivity contribution in [3.8, 4) is 33.8 Å². The zero-order valence-electron chi connectivity index (χ0n) is 19.1. The Morgan fingerprint density at radius 1 is 0.743 bits per heavy atom. The van der Waals surface area contributed by atoms with Crippen LogP contribution in [0, 0.1) is 11.6 Å². The Morgan fingerprint density at radius 3 is 1.97 bits per heavy atom. The van der Waals surface area contributed by atoms with Crippen LogP contribution in [0.15, 0.2) is 97.5 Å². The van der Waals surface area contributed by atoms with Gasteiger partial charge in [-0.2, -0.15) is 0 Å². The monoisotopic (exact) mass is 476 g/mol. The lowest BCUT2D eigenvalue weighted by Crippen LogP contribution is -2.09. The summed E-state index contributed by atoms with van der Waals surface area (Å²) >= 11 is 0. The standard InChI is InChI=1S/C28H22F2O5/c1-17(2)27(31)34-14-13-33-22-10-11-23(24(29)16-22)20-7-5-19(6-8-20)21-9-12-26(25(30)15-21)35-28(32)18(3)4/h5-16H,1,3H2,2,4H3. The zero-order valence-corrected chi connectivity index (χ0v) is 19.1. The summed E-state index contributed by atoms with van der Waals surface area (Å²) in [5.41, 5.74) is 2.61. The molecule has 3 aromatic carbocycles. The first-order chi connectivity index (χ1) is 16.7. The smallest absolute Gasteiger partial charge is 0.338 e. The molecule has 7 heteroatoms. The molecule has 0 N–H and O–H groups in total. The van der Waals surface area contributed by atoms with Gasteiger partial charge in [-0.15, -0.1) is 0 Å². The molecule has 0 unspecified atom stereocenters. The summed E-state index contributed by atoms with van der Waals surface area (Å²) in [4.78, 5) is 22.9. The van der Waals surface area contributed by atoms with Crippen LogP contribution in [0.3, 0.4) is 0 Å². The molecule has 178 valence electrons. The van der Waals surface area contributed by atoms with Crippen molar-refractivity contribution in [2.45, 2.75) is 13.8 Å². The van der Waals surface area contributed by atoms with Crippen LogP contribution >= 0.6 is 0 Å². The summed E-state index contributed by atoms with van der Waals surface area (Å²) in [5, 5.41) is 0. The first kappa shape index (κ1) is 25.1. The Labute approximate surface area is 201 Å². The van der Waals surface area contributed by atoms with E-state index in [0.717, 1.165) is 12.5 Å². The summed E-state index contributed by atoms with van der Waals surface area (Å²) in [5.74, 6) is -2.48. The Morgan fingerprint density at radius 2 is 1.37 bits per heavy atom. The van der Waals surface area contributed by atoms with Crippen LogP contribution in [0.2, 0.25) is 0 Å². The molecular weight excluding hydrogens is 454 g/mol. The van der Waals surface area contributed by atoms with Crippen molar-refractivity contribution in [1.29, 1.82) is 0 Å². The largest absolute Gasteiger partial charge is 0.462 e. The van der Waals surface area contributed by atoms with E-state index < -0.39 is 23.6 Å². The van der Waals surface area contributed by atoms with Gasteiger partial charge in [0, 0.05) is 22.8 Å². The first-order valence-corrected chi connectivity index (χ1v) is 10.4. The molecule has 0 aliphatic rings. The lowest BCUT2D eigenvalue weighted by Gasteiger charge is -2.09. The van der Waals surface area contributed by atoms with Gasteiger partial charge < -0.3 is 14.2 Å². The Balaban J connectivity index is 1.70. The maximum Gasteiger partial charge on any atom is 0.338 e. The summed E-state index contributed by atoms with van der Waals surface area (Å²) in [6.07, 6.45) is 2.16. The summed E-state index contributed by atoms with van der Waals surface area (Å²) < 4.78 is 44.0. The minimum atomic E-state index is -0.707. The third kappa shape index (κ3) is 6.51. The number of halogens is 2. The second kappa shape index (κ2) is 11.1. The maximum atomic E-state index is 14.7. The number of carbonyl (C=O) groups excluding carboxylic acids is 2. The molecule has 0 radical (unpaired) electrons. The molecule has 0 aliphatic heterocycles. The SMILES string of the molecule is C=C(C)C(=O)OC=COc1ccc(-c2ccc(-c3ccc(OC(=O)C(=C)C)c(F)c3)cc2)c(F)c1. The van der Waals surface area contributed by atoms with Crippen molar-refractivity contribution >= 4 is 11.9 Å². The highest BCUT2D eigenvalue weighted by atomic mass is 19.1. The molecule has 0 saturated heterocycles. The third-order valence-electron chi connectivity index (χ3n) is 4.74. The summed E-state index contributed by atoms with van der Waals surface area (Å²) in [7, 11) is 0. The van der Waals surface area contributed by atoms with Gasteiger partial charge in [-0.1, -0.05) is 43.5 Å². The normalized spacial score (nSPS) is 10.6. The average Bonchev–Trinajstić information content (AvgIpc) is 2.83. The highest BCUT2D eigenvalue weighted by Gasteiger charge is 2.12. The molecule has 3 aromatic rings. The van der Waals surface area contributed by atoms with E-state index in [4.69, 9.17) is 14.2 Å². The highest BCUT2D eigenvalue weighted by molar-refractivity contribution is 5.89. The lowest BCUT2D eigenvalue weighted by molar-refractivity contribution is -0.133. The number of hydrogen-bond acceptors (Lipinski definition) is 5. The second-order valence-corrected chi connectivity index (χ2v) is 7.61. The van der Waals surface area contributed by atoms with Gasteiger partial charge in [-0.25, -0.2) is 18.4 Å². The summed E-state index contributed by atoms with van der Waals surface area (Å²) in [6, 6.07) is 15.4. The van der Waals surface area contributed by atoms with Crippen molar-refractivity contribution in [1.82, 2.24) is 0 Å². The van der Waals surface area contributed by atoms with Gasteiger partial charge in [0.1, 0.15) is 24.1 Å². The van der Waals surface area contributed by atoms with E-state index in [-0.39, 0.29) is 22.6 Å². The predicted molar refractivity (Wildman–Crippen MR) is 128 cm³/mol. The van der Waals surface area contributed by atoms with Crippen LogP contribution < -0.4 is 9.47 Å². The van der Waals surface area contributed by atoms with Crippen LogP contribution in [-0.4, -0.2) is 11.9 Å². The predicted octanol–water partition coefficient (Wildman–Crippen LogP) is 6.75. The van der Waals surface area contributed by atoms with E-state index in [0.29, 0.717) is 22.3 Å². The van der Waals surface area contributed by atoms with E-state index in [1.807, 2.05) is 0 Å². The van der Waals surface area contributed by atoms with Crippen LogP contribution in [-0.2, 0) is 14.3 Å². The van der Waals surface area contributed by atoms with Crippen molar-refractivity contribution < 1.29 is 32.6 Å². The van der Waals surface area contributed by atoms with Gasteiger partial charge in [0.2, 0.25) is 0 Å². The summed E-state index contributed by atoms with van der Waals surface area (Å²) in [6.45, 7) is 9.90. The number of rotatable bonds is 8. The number of carbonyl (C=O) groups is 2. The van der Waals surface area contributed by atoms with Crippen molar-refractivity contribution in [3.63, 3.8) is 0 Å². The van der Waals surface area contributed by atoms with Crippen molar-refractivity contribution in [2.75, 3.05) is 0 Å². The first-order valence-electron chi connectivity index (χ1n) is 10.4. The van der Waals surface area contributed by atoms with Crippen molar-refractivity contribution in [2.24, 2.45) is 0 Å². The van der Waals surface area contributed by atoms with E-state index in [9.17, 15) is 18.4 Å². The Hall–Kier alpha value is -4.52. The molecule has 0 spiro atoms. The van der Waals surface area contributed by atoms with Crippen LogP contribution in [0.5, 0.6) is 11.5 Å².